The Balaban J connectivity index is 1.57. The van der Waals surface area contributed by atoms with Crippen LogP contribution < -0.4 is 0 Å². The lowest BCUT2D eigenvalue weighted by atomic mass is 9.99. The van der Waals surface area contributed by atoms with Gasteiger partial charge in [-0.25, -0.2) is 14.5 Å². The van der Waals surface area contributed by atoms with Crippen LogP contribution in [-0.2, 0) is 20.0 Å². The molecule has 0 aliphatic carbocycles. The van der Waals surface area contributed by atoms with E-state index in [-0.39, 0.29) is 0 Å². The molecule has 1 fully saturated rings. The number of imidazole rings is 1. The zero-order valence-electron chi connectivity index (χ0n) is 13.5. The maximum Gasteiger partial charge on any atom is 0.155 e. The van der Waals surface area contributed by atoms with Gasteiger partial charge in [-0.05, 0) is 19.8 Å². The van der Waals surface area contributed by atoms with E-state index in [1.807, 2.05) is 19.3 Å². The molecule has 5 rings (SSSR count). The molecule has 118 valence electrons. The minimum absolute atomic E-state index is 0.446. The van der Waals surface area contributed by atoms with Crippen LogP contribution in [-0.4, -0.2) is 35.1 Å². The number of aromatic nitrogens is 5. The lowest BCUT2D eigenvalue weighted by Crippen LogP contribution is -2.38. The molecule has 0 saturated carbocycles. The van der Waals surface area contributed by atoms with Crippen molar-refractivity contribution in [3.05, 3.63) is 47.4 Å². The highest BCUT2D eigenvalue weighted by molar-refractivity contribution is 5.44. The lowest BCUT2D eigenvalue weighted by molar-refractivity contribution is 0.159. The molecule has 0 N–H and O–H groups in total. The van der Waals surface area contributed by atoms with Gasteiger partial charge in [0.15, 0.2) is 5.65 Å². The fraction of sp³-hybridized carbons (Fsp3) is 0.471. The third-order valence-corrected chi connectivity index (χ3v) is 5.41. The maximum atomic E-state index is 4.66. The van der Waals surface area contributed by atoms with Gasteiger partial charge in [0.05, 0.1) is 17.9 Å². The molecule has 2 aliphatic heterocycles. The zero-order valence-corrected chi connectivity index (χ0v) is 13.5. The molecular weight excluding hydrogens is 288 g/mol. The summed E-state index contributed by atoms with van der Waals surface area (Å²) in [7, 11) is 2.07. The van der Waals surface area contributed by atoms with Crippen molar-refractivity contribution in [3.8, 4) is 0 Å². The minimum atomic E-state index is 0.446. The molecule has 0 amide bonds. The van der Waals surface area contributed by atoms with Crippen LogP contribution in [0.5, 0.6) is 0 Å². The van der Waals surface area contributed by atoms with E-state index >= 15 is 0 Å². The largest absolute Gasteiger partial charge is 0.337 e. The number of aryl methyl sites for hydroxylation is 2. The van der Waals surface area contributed by atoms with Crippen LogP contribution in [0.1, 0.15) is 41.7 Å². The van der Waals surface area contributed by atoms with Gasteiger partial charge in [0, 0.05) is 55.8 Å². The summed E-state index contributed by atoms with van der Waals surface area (Å²) in [6.45, 7) is 2.94. The first-order chi connectivity index (χ1) is 11.2. The van der Waals surface area contributed by atoms with Gasteiger partial charge in [-0.15, -0.1) is 0 Å². The molecule has 6 nitrogen and oxygen atoms in total. The van der Waals surface area contributed by atoms with Crippen molar-refractivity contribution in [2.45, 2.75) is 44.8 Å². The van der Waals surface area contributed by atoms with E-state index in [1.54, 1.807) is 0 Å². The first-order valence-electron chi connectivity index (χ1n) is 8.27. The highest BCUT2D eigenvalue weighted by Crippen LogP contribution is 2.44. The van der Waals surface area contributed by atoms with E-state index in [0.717, 1.165) is 30.1 Å². The van der Waals surface area contributed by atoms with Crippen molar-refractivity contribution < 1.29 is 0 Å². The molecule has 0 unspecified atom stereocenters. The fourth-order valence-electron chi connectivity index (χ4n) is 4.26. The highest BCUT2D eigenvalue weighted by atomic mass is 15.3. The standard InChI is InChI=1S/C17H20N6/c1-11-7-16-19-9-13-14-4-3-12(8-15(13)23(16)20-11)22(14)10-17-18-5-6-21(17)2/h5-7,9,12,14H,3-4,8,10H2,1-2H3/t12-,14+/m0/s1. The molecule has 0 radical (unpaired) electrons. The molecule has 2 atom stereocenters. The van der Waals surface area contributed by atoms with Crippen molar-refractivity contribution >= 4 is 5.65 Å². The average Bonchev–Trinajstić information content (AvgIpc) is 3.18. The van der Waals surface area contributed by atoms with Gasteiger partial charge >= 0.3 is 0 Å². The predicted octanol–water partition coefficient (Wildman–Crippen LogP) is 2.03. The Kier molecular flexibility index (Phi) is 2.68. The number of nitrogens with zero attached hydrogens (tertiary/aromatic N) is 6. The monoisotopic (exact) mass is 308 g/mol. The third kappa shape index (κ3) is 1.88. The second-order valence-electron chi connectivity index (χ2n) is 6.79. The number of rotatable bonds is 2. The van der Waals surface area contributed by atoms with Crippen molar-refractivity contribution in [2.24, 2.45) is 7.05 Å². The van der Waals surface area contributed by atoms with E-state index in [1.165, 1.54) is 24.1 Å². The third-order valence-electron chi connectivity index (χ3n) is 5.41. The van der Waals surface area contributed by atoms with Crippen molar-refractivity contribution in [1.82, 2.24) is 29.0 Å². The maximum absolute atomic E-state index is 4.66. The zero-order chi connectivity index (χ0) is 15.6. The van der Waals surface area contributed by atoms with Gasteiger partial charge in [-0.3, -0.25) is 4.90 Å². The fourth-order valence-corrected chi connectivity index (χ4v) is 4.26. The number of hydrogen-bond donors (Lipinski definition) is 0. The van der Waals surface area contributed by atoms with Crippen LogP contribution >= 0.6 is 0 Å². The quantitative estimate of drug-likeness (QED) is 0.727. The van der Waals surface area contributed by atoms with Gasteiger partial charge < -0.3 is 4.57 Å². The van der Waals surface area contributed by atoms with E-state index in [4.69, 9.17) is 0 Å². The molecule has 3 aromatic heterocycles. The summed E-state index contributed by atoms with van der Waals surface area (Å²) < 4.78 is 4.18. The van der Waals surface area contributed by atoms with Crippen LogP contribution in [0.4, 0.5) is 0 Å². The molecule has 1 saturated heterocycles. The summed E-state index contributed by atoms with van der Waals surface area (Å²) in [5, 5.41) is 4.66. The van der Waals surface area contributed by atoms with Gasteiger partial charge in [-0.1, -0.05) is 0 Å². The van der Waals surface area contributed by atoms with E-state index in [9.17, 15) is 0 Å². The predicted molar refractivity (Wildman–Crippen MR) is 85.9 cm³/mol. The Morgan fingerprint density at radius 1 is 1.26 bits per heavy atom. The van der Waals surface area contributed by atoms with Gasteiger partial charge in [0.2, 0.25) is 0 Å². The Labute approximate surface area is 134 Å². The average molecular weight is 308 g/mol. The molecule has 0 aromatic carbocycles. The number of hydrogen-bond acceptors (Lipinski definition) is 4. The summed E-state index contributed by atoms with van der Waals surface area (Å²) in [5.41, 5.74) is 4.71. The van der Waals surface area contributed by atoms with Gasteiger partial charge in [0.1, 0.15) is 5.82 Å². The summed E-state index contributed by atoms with van der Waals surface area (Å²) >= 11 is 0. The Morgan fingerprint density at radius 3 is 3.00 bits per heavy atom. The molecule has 23 heavy (non-hydrogen) atoms. The molecule has 2 bridgehead atoms. The summed E-state index contributed by atoms with van der Waals surface area (Å²) in [4.78, 5) is 11.7. The van der Waals surface area contributed by atoms with Crippen LogP contribution in [0.3, 0.4) is 0 Å². The topological polar surface area (TPSA) is 51.2 Å². The second-order valence-corrected chi connectivity index (χ2v) is 6.79. The van der Waals surface area contributed by atoms with E-state index < -0.39 is 0 Å². The first-order valence-corrected chi connectivity index (χ1v) is 8.27. The molecule has 0 spiro atoms. The van der Waals surface area contributed by atoms with Gasteiger partial charge in [-0.2, -0.15) is 5.10 Å². The van der Waals surface area contributed by atoms with Crippen LogP contribution in [0, 0.1) is 6.92 Å². The molecule has 3 aromatic rings. The Morgan fingerprint density at radius 2 is 2.17 bits per heavy atom. The smallest absolute Gasteiger partial charge is 0.155 e. The highest BCUT2D eigenvalue weighted by Gasteiger charge is 2.41. The minimum Gasteiger partial charge on any atom is -0.337 e. The van der Waals surface area contributed by atoms with Crippen molar-refractivity contribution in [3.63, 3.8) is 0 Å². The molecule has 2 aliphatic rings. The second kappa shape index (κ2) is 4.64. The number of fused-ring (bicyclic) bond motifs is 6. The molecule has 6 heteroatoms. The summed E-state index contributed by atoms with van der Waals surface area (Å²) in [6, 6.07) is 3.09. The Hall–Kier alpha value is -2.21. The molecule has 5 heterocycles. The van der Waals surface area contributed by atoms with Crippen LogP contribution in [0.25, 0.3) is 5.65 Å². The van der Waals surface area contributed by atoms with Crippen LogP contribution in [0.2, 0.25) is 0 Å². The summed E-state index contributed by atoms with van der Waals surface area (Å²) in [5.74, 6) is 1.13. The van der Waals surface area contributed by atoms with Gasteiger partial charge in [0.25, 0.3) is 0 Å². The normalized spacial score (nSPS) is 23.6. The van der Waals surface area contributed by atoms with Crippen molar-refractivity contribution in [1.29, 1.82) is 0 Å². The van der Waals surface area contributed by atoms with Crippen molar-refractivity contribution in [2.75, 3.05) is 0 Å². The van der Waals surface area contributed by atoms with Crippen LogP contribution in [0.15, 0.2) is 24.7 Å². The Bertz CT molecular complexity index is 892. The SMILES string of the molecule is Cc1cc2ncc3c(n2n1)C[C@@H]1CC[C@H]3N1Cc1nccn1C. The first kappa shape index (κ1) is 13.2. The van der Waals surface area contributed by atoms with E-state index in [2.05, 4.69) is 48.4 Å². The lowest BCUT2D eigenvalue weighted by Gasteiger charge is -2.35. The summed E-state index contributed by atoms with van der Waals surface area (Å²) in [6.07, 6.45) is 9.47. The van der Waals surface area contributed by atoms with E-state index in [0.29, 0.717) is 12.1 Å². The molecular formula is C17H20N6.